The van der Waals surface area contributed by atoms with Crippen LogP contribution in [0.5, 0.6) is 5.75 Å². The molecule has 0 spiro atoms. The van der Waals surface area contributed by atoms with Gasteiger partial charge in [-0.2, -0.15) is 0 Å². The molecule has 0 aliphatic carbocycles. The van der Waals surface area contributed by atoms with Crippen LogP contribution in [0.1, 0.15) is 30.9 Å². The summed E-state index contributed by atoms with van der Waals surface area (Å²) in [4.78, 5) is 16.1. The number of benzene rings is 1. The summed E-state index contributed by atoms with van der Waals surface area (Å²) in [6.07, 6.45) is 4.04. The zero-order valence-corrected chi connectivity index (χ0v) is 13.6. The molecule has 0 fully saturated rings. The van der Waals surface area contributed by atoms with Crippen LogP contribution in [0.25, 0.3) is 11.3 Å². The number of carbonyl (C=O) groups is 1. The lowest BCUT2D eigenvalue weighted by molar-refractivity contribution is -0.121. The van der Waals surface area contributed by atoms with E-state index in [0.29, 0.717) is 13.0 Å². The second kappa shape index (κ2) is 6.82. The Labute approximate surface area is 136 Å². The Bertz CT molecular complexity index is 698. The molecular formula is C19H22N2O2. The van der Waals surface area contributed by atoms with Crippen LogP contribution in [-0.2, 0) is 11.2 Å². The number of hydrogen-bond donors (Lipinski definition) is 1. The van der Waals surface area contributed by atoms with Crippen LogP contribution in [0.3, 0.4) is 0 Å². The highest BCUT2D eigenvalue weighted by molar-refractivity contribution is 5.76. The van der Waals surface area contributed by atoms with Crippen molar-refractivity contribution >= 4 is 5.91 Å². The molecule has 2 heterocycles. The number of nitrogens with one attached hydrogen (secondary N) is 1. The zero-order valence-electron chi connectivity index (χ0n) is 13.6. The molecule has 0 radical (unpaired) electrons. The van der Waals surface area contributed by atoms with Crippen LogP contribution in [0.15, 0.2) is 36.5 Å². The minimum Gasteiger partial charge on any atom is -0.487 e. The molecule has 1 atom stereocenters. The quantitative estimate of drug-likeness (QED) is 0.922. The smallest absolute Gasteiger partial charge is 0.220 e. The third-order valence-corrected chi connectivity index (χ3v) is 3.99. The highest BCUT2D eigenvalue weighted by atomic mass is 16.5. The van der Waals surface area contributed by atoms with E-state index in [9.17, 15) is 4.79 Å². The van der Waals surface area contributed by atoms with Gasteiger partial charge in [0, 0.05) is 24.6 Å². The molecule has 4 heteroatoms. The fourth-order valence-electron chi connectivity index (χ4n) is 2.96. The van der Waals surface area contributed by atoms with Gasteiger partial charge in [0.25, 0.3) is 0 Å². The van der Waals surface area contributed by atoms with Crippen LogP contribution >= 0.6 is 0 Å². The molecule has 0 bridgehead atoms. The lowest BCUT2D eigenvalue weighted by Crippen LogP contribution is -2.34. The summed E-state index contributed by atoms with van der Waals surface area (Å²) in [5.74, 6) is 0.997. The summed E-state index contributed by atoms with van der Waals surface area (Å²) >= 11 is 0. The number of nitrogens with zero attached hydrogens (tertiary/aromatic N) is 1. The van der Waals surface area contributed by atoms with Crippen molar-refractivity contribution in [2.24, 2.45) is 0 Å². The normalized spacial score (nSPS) is 15.8. The number of aryl methyl sites for hydroxylation is 1. The predicted octanol–water partition coefficient (Wildman–Crippen LogP) is 3.28. The van der Waals surface area contributed by atoms with E-state index in [-0.39, 0.29) is 12.0 Å². The topological polar surface area (TPSA) is 51.2 Å². The highest BCUT2D eigenvalue weighted by Gasteiger charge is 2.26. The van der Waals surface area contributed by atoms with Gasteiger partial charge in [0.05, 0.1) is 12.2 Å². The highest BCUT2D eigenvalue weighted by Crippen LogP contribution is 2.38. The maximum absolute atomic E-state index is 11.6. The third-order valence-electron chi connectivity index (χ3n) is 3.99. The van der Waals surface area contributed by atoms with Crippen molar-refractivity contribution in [3.8, 4) is 17.0 Å². The van der Waals surface area contributed by atoms with Crippen molar-refractivity contribution in [2.75, 3.05) is 6.54 Å². The van der Waals surface area contributed by atoms with Crippen molar-refractivity contribution in [3.63, 3.8) is 0 Å². The molecule has 120 valence electrons. The fraction of sp³-hybridized carbons (Fsp3) is 0.368. The first-order valence-electron chi connectivity index (χ1n) is 8.15. The summed E-state index contributed by atoms with van der Waals surface area (Å²) in [5, 5.41) is 2.95. The van der Waals surface area contributed by atoms with E-state index in [1.807, 2.05) is 25.1 Å². The van der Waals surface area contributed by atoms with Gasteiger partial charge >= 0.3 is 0 Å². The van der Waals surface area contributed by atoms with E-state index >= 15 is 0 Å². The fourth-order valence-corrected chi connectivity index (χ4v) is 2.96. The molecule has 1 aliphatic rings. The molecule has 1 aromatic heterocycles. The van der Waals surface area contributed by atoms with Crippen molar-refractivity contribution < 1.29 is 9.53 Å². The Balaban J connectivity index is 1.78. The monoisotopic (exact) mass is 310 g/mol. The number of fused-ring (bicyclic) bond motifs is 1. The van der Waals surface area contributed by atoms with Crippen LogP contribution in [0.2, 0.25) is 0 Å². The number of ether oxygens (including phenoxy) is 1. The molecule has 1 N–H and O–H groups in total. The first-order valence-corrected chi connectivity index (χ1v) is 8.15. The number of rotatable bonds is 5. The predicted molar refractivity (Wildman–Crippen MR) is 90.4 cm³/mol. The van der Waals surface area contributed by atoms with Gasteiger partial charge in [-0.1, -0.05) is 19.1 Å². The van der Waals surface area contributed by atoms with Gasteiger partial charge in [0.15, 0.2) is 0 Å². The first-order chi connectivity index (χ1) is 11.2. The Morgan fingerprint density at radius 3 is 3.00 bits per heavy atom. The average molecular weight is 310 g/mol. The maximum Gasteiger partial charge on any atom is 0.220 e. The van der Waals surface area contributed by atoms with Crippen LogP contribution in [0.4, 0.5) is 0 Å². The lowest BCUT2D eigenvalue weighted by Gasteiger charge is -2.13. The lowest BCUT2D eigenvalue weighted by atomic mass is 10.0. The van der Waals surface area contributed by atoms with Gasteiger partial charge in [0.1, 0.15) is 11.9 Å². The summed E-state index contributed by atoms with van der Waals surface area (Å²) < 4.78 is 6.12. The van der Waals surface area contributed by atoms with E-state index < -0.39 is 0 Å². The van der Waals surface area contributed by atoms with E-state index in [1.165, 1.54) is 11.1 Å². The largest absolute Gasteiger partial charge is 0.487 e. The van der Waals surface area contributed by atoms with Gasteiger partial charge < -0.3 is 10.1 Å². The van der Waals surface area contributed by atoms with E-state index in [4.69, 9.17) is 4.74 Å². The van der Waals surface area contributed by atoms with Gasteiger partial charge in [-0.3, -0.25) is 9.78 Å². The Kier molecular flexibility index (Phi) is 4.60. The molecule has 1 aliphatic heterocycles. The average Bonchev–Trinajstić information content (AvgIpc) is 2.96. The molecule has 4 nitrogen and oxygen atoms in total. The van der Waals surface area contributed by atoms with Crippen molar-refractivity contribution in [3.05, 3.63) is 47.7 Å². The Hall–Kier alpha value is -2.36. The molecule has 1 aromatic carbocycles. The van der Waals surface area contributed by atoms with Gasteiger partial charge in [-0.05, 0) is 42.7 Å². The van der Waals surface area contributed by atoms with Crippen LogP contribution in [0, 0.1) is 6.92 Å². The standard InChI is InChI=1S/C19H22N2O2/c1-3-6-18(22)21-12-15-11-14-9-13(2)10-16(19(14)23-15)17-7-4-5-8-20-17/h4-5,7-10,15H,3,6,11-12H2,1-2H3,(H,21,22)/t15-/m1/s1. The SMILES string of the molecule is CCCC(=O)NC[C@H]1Cc2cc(C)cc(-c3ccccn3)c2O1. The molecule has 2 aromatic rings. The van der Waals surface area contributed by atoms with Gasteiger partial charge in [-0.25, -0.2) is 0 Å². The number of hydrogen-bond acceptors (Lipinski definition) is 3. The van der Waals surface area contributed by atoms with E-state index in [0.717, 1.165) is 29.8 Å². The molecule has 0 saturated carbocycles. The molecular weight excluding hydrogens is 288 g/mol. The van der Waals surface area contributed by atoms with Gasteiger partial charge in [0.2, 0.25) is 5.91 Å². The number of amides is 1. The molecule has 1 amide bonds. The van der Waals surface area contributed by atoms with Gasteiger partial charge in [-0.15, -0.1) is 0 Å². The number of aromatic nitrogens is 1. The second-order valence-corrected chi connectivity index (χ2v) is 6.01. The minimum atomic E-state index is -0.00457. The molecule has 0 saturated heterocycles. The summed E-state index contributed by atoms with van der Waals surface area (Å²) in [5.41, 5.74) is 4.34. The van der Waals surface area contributed by atoms with E-state index in [2.05, 4.69) is 29.4 Å². The number of carbonyl (C=O) groups excluding carboxylic acids is 1. The Morgan fingerprint density at radius 1 is 1.39 bits per heavy atom. The van der Waals surface area contributed by atoms with Crippen LogP contribution < -0.4 is 10.1 Å². The summed E-state index contributed by atoms with van der Waals surface area (Å²) in [6, 6.07) is 10.2. The molecule has 3 rings (SSSR count). The Morgan fingerprint density at radius 2 is 2.26 bits per heavy atom. The van der Waals surface area contributed by atoms with E-state index in [1.54, 1.807) is 6.20 Å². The summed E-state index contributed by atoms with van der Waals surface area (Å²) in [7, 11) is 0. The summed E-state index contributed by atoms with van der Waals surface area (Å²) in [6.45, 7) is 4.64. The zero-order chi connectivity index (χ0) is 16.2. The maximum atomic E-state index is 11.6. The number of pyridine rings is 1. The first kappa shape index (κ1) is 15.5. The van der Waals surface area contributed by atoms with Crippen molar-refractivity contribution in [2.45, 2.75) is 39.2 Å². The third kappa shape index (κ3) is 3.52. The molecule has 0 unspecified atom stereocenters. The molecule has 23 heavy (non-hydrogen) atoms. The second-order valence-electron chi connectivity index (χ2n) is 6.01. The van der Waals surface area contributed by atoms with Crippen molar-refractivity contribution in [1.29, 1.82) is 0 Å². The van der Waals surface area contributed by atoms with Crippen molar-refractivity contribution in [1.82, 2.24) is 10.3 Å². The minimum absolute atomic E-state index is 0.00457. The van der Waals surface area contributed by atoms with Crippen LogP contribution in [-0.4, -0.2) is 23.5 Å².